The fourth-order valence-corrected chi connectivity index (χ4v) is 4.08. The van der Waals surface area contributed by atoms with Crippen LogP contribution >= 0.6 is 35.2 Å². The Bertz CT molecular complexity index is 984. The third kappa shape index (κ3) is 6.49. The van der Waals surface area contributed by atoms with Gasteiger partial charge in [-0.1, -0.05) is 11.6 Å². The van der Waals surface area contributed by atoms with Gasteiger partial charge in [-0.15, -0.1) is 11.3 Å². The van der Waals surface area contributed by atoms with Crippen LogP contribution < -0.4 is 15.4 Å². The zero-order valence-electron chi connectivity index (χ0n) is 16.7. The lowest BCUT2D eigenvalue weighted by molar-refractivity contribution is -0.0497. The largest absolute Gasteiger partial charge is 0.462 e. The van der Waals surface area contributed by atoms with Crippen LogP contribution in [-0.4, -0.2) is 36.9 Å². The summed E-state index contributed by atoms with van der Waals surface area (Å²) < 4.78 is 39.1. The summed E-state index contributed by atoms with van der Waals surface area (Å²) >= 11 is 12.2. The maximum absolute atomic E-state index is 12.4. The van der Waals surface area contributed by atoms with Crippen LogP contribution in [0, 0.1) is 6.92 Å². The molecule has 0 amide bonds. The number of nitrogens with one attached hydrogen (secondary N) is 2. The summed E-state index contributed by atoms with van der Waals surface area (Å²) in [7, 11) is 0. The predicted octanol–water partition coefficient (Wildman–Crippen LogP) is 5.47. The van der Waals surface area contributed by atoms with Crippen molar-refractivity contribution in [3.63, 3.8) is 0 Å². The van der Waals surface area contributed by atoms with E-state index in [2.05, 4.69) is 15.4 Å². The first kappa shape index (κ1) is 24.8. The molecule has 7 nitrogen and oxygen atoms in total. The van der Waals surface area contributed by atoms with Gasteiger partial charge in [-0.2, -0.15) is 8.78 Å². The first-order valence-electron chi connectivity index (χ1n) is 8.97. The number of ether oxygens (including phenoxy) is 3. The summed E-state index contributed by atoms with van der Waals surface area (Å²) in [6, 6.07) is 4.05. The van der Waals surface area contributed by atoms with Crippen molar-refractivity contribution in [2.45, 2.75) is 27.4 Å². The Hall–Kier alpha value is -2.50. The van der Waals surface area contributed by atoms with E-state index in [4.69, 9.17) is 33.3 Å². The fraction of sp³-hybridized carbons (Fsp3) is 0.316. The van der Waals surface area contributed by atoms with Gasteiger partial charge in [0.2, 0.25) is 0 Å². The second-order valence-corrected chi connectivity index (χ2v) is 7.64. The summed E-state index contributed by atoms with van der Waals surface area (Å²) in [5.74, 6) is -1.36. The van der Waals surface area contributed by atoms with Crippen molar-refractivity contribution in [1.82, 2.24) is 0 Å². The molecule has 0 saturated carbocycles. The highest BCUT2D eigenvalue weighted by Gasteiger charge is 2.27. The van der Waals surface area contributed by atoms with Crippen LogP contribution in [0.4, 0.5) is 19.5 Å². The Kier molecular flexibility index (Phi) is 8.96. The molecule has 31 heavy (non-hydrogen) atoms. The average Bonchev–Trinajstić information content (AvgIpc) is 3.00. The van der Waals surface area contributed by atoms with Crippen LogP contribution in [0.5, 0.6) is 5.75 Å². The highest BCUT2D eigenvalue weighted by atomic mass is 35.5. The van der Waals surface area contributed by atoms with Crippen molar-refractivity contribution in [1.29, 1.82) is 0 Å². The van der Waals surface area contributed by atoms with E-state index < -0.39 is 18.6 Å². The Labute approximate surface area is 191 Å². The van der Waals surface area contributed by atoms with Gasteiger partial charge >= 0.3 is 18.6 Å². The van der Waals surface area contributed by atoms with Crippen molar-refractivity contribution >= 4 is 62.9 Å². The minimum absolute atomic E-state index is 0.0446. The normalized spacial score (nSPS) is 10.5. The van der Waals surface area contributed by atoms with E-state index in [0.717, 1.165) is 11.3 Å². The Balaban J connectivity index is 2.25. The SMILES string of the molecule is CCOC(=O)c1sc(NC(=S)Nc2ccc(OC(F)F)c(Cl)c2)c(C(=O)OCC)c1C. The molecule has 0 fully saturated rings. The quantitative estimate of drug-likeness (QED) is 0.370. The number of carbonyl (C=O) groups excluding carboxylic acids is 2. The minimum Gasteiger partial charge on any atom is -0.462 e. The third-order valence-electron chi connectivity index (χ3n) is 3.72. The number of anilines is 2. The standard InChI is InChI=1S/C19H19ClF2N2O5S2/c1-4-27-16(25)13-9(3)14(17(26)28-5-2)31-15(13)24-19(30)23-10-6-7-12(11(20)8-10)29-18(21)22/h6-8,18H,4-5H2,1-3H3,(H2,23,24,30). The molecular formula is C19H19ClF2N2O5S2. The molecule has 0 bridgehead atoms. The van der Waals surface area contributed by atoms with Gasteiger partial charge in [-0.3, -0.25) is 0 Å². The van der Waals surface area contributed by atoms with E-state index in [0.29, 0.717) is 16.3 Å². The molecule has 0 aliphatic carbocycles. The predicted molar refractivity (Wildman–Crippen MR) is 119 cm³/mol. The average molecular weight is 493 g/mol. The number of hydrogen-bond donors (Lipinski definition) is 2. The molecule has 0 aliphatic heterocycles. The van der Waals surface area contributed by atoms with E-state index >= 15 is 0 Å². The Morgan fingerprint density at radius 2 is 1.81 bits per heavy atom. The van der Waals surface area contributed by atoms with E-state index in [9.17, 15) is 18.4 Å². The molecule has 2 rings (SSSR count). The van der Waals surface area contributed by atoms with Crippen LogP contribution in [0.25, 0.3) is 0 Å². The van der Waals surface area contributed by atoms with Gasteiger partial charge < -0.3 is 24.8 Å². The molecule has 1 aromatic carbocycles. The summed E-state index contributed by atoms with van der Waals surface area (Å²) in [6.45, 7) is 2.27. The fourth-order valence-electron chi connectivity index (χ4n) is 2.48. The second kappa shape index (κ2) is 11.2. The Morgan fingerprint density at radius 3 is 2.39 bits per heavy atom. The molecule has 12 heteroatoms. The summed E-state index contributed by atoms with van der Waals surface area (Å²) in [5, 5.41) is 6.00. The third-order valence-corrected chi connectivity index (χ3v) is 5.41. The maximum atomic E-state index is 12.4. The molecule has 0 saturated heterocycles. The number of benzene rings is 1. The zero-order valence-corrected chi connectivity index (χ0v) is 19.1. The van der Waals surface area contributed by atoms with Gasteiger partial charge in [-0.25, -0.2) is 9.59 Å². The highest BCUT2D eigenvalue weighted by molar-refractivity contribution is 7.80. The number of thiophene rings is 1. The number of thiocarbonyl (C=S) groups is 1. The van der Waals surface area contributed by atoms with Gasteiger partial charge in [0.15, 0.2) is 5.11 Å². The highest BCUT2D eigenvalue weighted by Crippen LogP contribution is 2.35. The number of rotatable bonds is 8. The lowest BCUT2D eigenvalue weighted by Gasteiger charge is -2.12. The number of esters is 2. The van der Waals surface area contributed by atoms with Gasteiger partial charge in [0, 0.05) is 5.69 Å². The van der Waals surface area contributed by atoms with Gasteiger partial charge in [-0.05, 0) is 56.8 Å². The summed E-state index contributed by atoms with van der Waals surface area (Å²) in [5.41, 5.74) is 0.960. The van der Waals surface area contributed by atoms with Gasteiger partial charge in [0.1, 0.15) is 15.6 Å². The molecule has 1 heterocycles. The van der Waals surface area contributed by atoms with Crippen LogP contribution in [0.1, 0.15) is 39.4 Å². The second-order valence-electron chi connectivity index (χ2n) is 5.80. The molecule has 168 valence electrons. The van der Waals surface area contributed by atoms with Crippen molar-refractivity contribution < 1.29 is 32.6 Å². The summed E-state index contributed by atoms with van der Waals surface area (Å²) in [6.07, 6.45) is 0. The van der Waals surface area contributed by atoms with Crippen LogP contribution in [0.2, 0.25) is 5.02 Å². The maximum Gasteiger partial charge on any atom is 0.387 e. The van der Waals surface area contributed by atoms with Crippen LogP contribution in [-0.2, 0) is 9.47 Å². The van der Waals surface area contributed by atoms with Gasteiger partial charge in [0.05, 0.1) is 23.8 Å². The first-order chi connectivity index (χ1) is 14.7. The van der Waals surface area contributed by atoms with E-state index in [-0.39, 0.29) is 39.5 Å². The van der Waals surface area contributed by atoms with Crippen molar-refractivity contribution in [2.24, 2.45) is 0 Å². The van der Waals surface area contributed by atoms with E-state index in [1.54, 1.807) is 20.8 Å². The molecule has 0 atom stereocenters. The molecule has 2 aromatic rings. The summed E-state index contributed by atoms with van der Waals surface area (Å²) in [4.78, 5) is 24.9. The molecule has 1 aromatic heterocycles. The van der Waals surface area contributed by atoms with Crippen LogP contribution in [0.15, 0.2) is 18.2 Å². The topological polar surface area (TPSA) is 85.9 Å². The minimum atomic E-state index is -3.00. The smallest absolute Gasteiger partial charge is 0.387 e. The van der Waals surface area contributed by atoms with Crippen LogP contribution in [0.3, 0.4) is 0 Å². The molecule has 0 unspecified atom stereocenters. The van der Waals surface area contributed by atoms with Crippen molar-refractivity contribution in [2.75, 3.05) is 23.8 Å². The van der Waals surface area contributed by atoms with Crippen molar-refractivity contribution in [3.8, 4) is 5.75 Å². The monoisotopic (exact) mass is 492 g/mol. The molecule has 0 radical (unpaired) electrons. The lowest BCUT2D eigenvalue weighted by atomic mass is 10.1. The number of hydrogen-bond acceptors (Lipinski definition) is 7. The number of halogens is 3. The molecule has 0 spiro atoms. The molecule has 2 N–H and O–H groups in total. The zero-order chi connectivity index (χ0) is 23.1. The Morgan fingerprint density at radius 1 is 1.16 bits per heavy atom. The number of carbonyl (C=O) groups is 2. The first-order valence-corrected chi connectivity index (χ1v) is 10.6. The molecular weight excluding hydrogens is 474 g/mol. The molecule has 0 aliphatic rings. The number of alkyl halides is 2. The van der Waals surface area contributed by atoms with E-state index in [1.165, 1.54) is 18.2 Å². The lowest BCUT2D eigenvalue weighted by Crippen LogP contribution is -2.20. The van der Waals surface area contributed by atoms with E-state index in [1.807, 2.05) is 0 Å². The van der Waals surface area contributed by atoms with Crippen molar-refractivity contribution in [3.05, 3.63) is 39.2 Å². The van der Waals surface area contributed by atoms with Gasteiger partial charge in [0.25, 0.3) is 0 Å².